The van der Waals surface area contributed by atoms with Crippen molar-refractivity contribution in [1.29, 1.82) is 0 Å². The summed E-state index contributed by atoms with van der Waals surface area (Å²) in [4.78, 5) is 18.5. The maximum atomic E-state index is 10.8. The quantitative estimate of drug-likeness (QED) is 0.878. The molecule has 1 aliphatic rings. The zero-order valence-corrected chi connectivity index (χ0v) is 10.4. The molecule has 98 valence electrons. The molecule has 6 heteroatoms. The average Bonchev–Trinajstić information content (AvgIpc) is 2.27. The van der Waals surface area contributed by atoms with E-state index in [2.05, 4.69) is 9.97 Å². The molecule has 1 saturated heterocycles. The fraction of sp³-hybridized carbons (Fsp3) is 0.583. The Morgan fingerprint density at radius 2 is 2.06 bits per heavy atom. The van der Waals surface area contributed by atoms with Gasteiger partial charge in [-0.05, 0) is 13.8 Å². The fourth-order valence-electron chi connectivity index (χ4n) is 2.12. The summed E-state index contributed by atoms with van der Waals surface area (Å²) in [5.41, 5.74) is -0.111. The Hall–Kier alpha value is -1.69. The molecular weight excluding hydrogens is 236 g/mol. The van der Waals surface area contributed by atoms with Crippen LogP contribution in [0, 0.1) is 0 Å². The van der Waals surface area contributed by atoms with Crippen molar-refractivity contribution in [2.75, 3.05) is 0 Å². The first-order valence-electron chi connectivity index (χ1n) is 5.92. The third kappa shape index (κ3) is 3.16. The van der Waals surface area contributed by atoms with Crippen molar-refractivity contribution in [1.82, 2.24) is 9.97 Å². The summed E-state index contributed by atoms with van der Waals surface area (Å²) in [7, 11) is 0. The maximum absolute atomic E-state index is 10.8. The highest BCUT2D eigenvalue weighted by Gasteiger charge is 2.26. The van der Waals surface area contributed by atoms with Crippen LogP contribution in [0.25, 0.3) is 0 Å². The molecule has 0 bridgehead atoms. The number of ether oxygens (including phenoxy) is 2. The molecule has 2 heterocycles. The summed E-state index contributed by atoms with van der Waals surface area (Å²) in [6.45, 7) is 3.98. The molecule has 2 unspecified atom stereocenters. The summed E-state index contributed by atoms with van der Waals surface area (Å²) < 4.78 is 11.3. The van der Waals surface area contributed by atoms with Gasteiger partial charge in [0.2, 0.25) is 5.88 Å². The largest absolute Gasteiger partial charge is 0.476 e. The van der Waals surface area contributed by atoms with Crippen LogP contribution < -0.4 is 4.74 Å². The van der Waals surface area contributed by atoms with Crippen molar-refractivity contribution in [3.63, 3.8) is 0 Å². The molecule has 1 aromatic rings. The first-order chi connectivity index (χ1) is 8.54. The third-order valence-electron chi connectivity index (χ3n) is 2.77. The summed E-state index contributed by atoms with van der Waals surface area (Å²) in [5, 5.41) is 8.82. The Bertz CT molecular complexity index is 428. The second-order valence-corrected chi connectivity index (χ2v) is 4.52. The third-order valence-corrected chi connectivity index (χ3v) is 2.77. The van der Waals surface area contributed by atoms with Crippen molar-refractivity contribution < 1.29 is 19.4 Å². The SMILES string of the molecule is CC1CC(Oc2cncc(C(=O)O)n2)CC(C)O1. The predicted molar refractivity (Wildman–Crippen MR) is 62.7 cm³/mol. The zero-order chi connectivity index (χ0) is 13.1. The lowest BCUT2D eigenvalue weighted by Gasteiger charge is -2.31. The van der Waals surface area contributed by atoms with Crippen LogP contribution >= 0.6 is 0 Å². The first kappa shape index (κ1) is 12.8. The Balaban J connectivity index is 2.04. The van der Waals surface area contributed by atoms with Crippen molar-refractivity contribution >= 4 is 5.97 Å². The highest BCUT2D eigenvalue weighted by molar-refractivity contribution is 5.84. The molecule has 1 aliphatic heterocycles. The van der Waals surface area contributed by atoms with Gasteiger partial charge in [0.25, 0.3) is 0 Å². The van der Waals surface area contributed by atoms with Crippen LogP contribution in [0.2, 0.25) is 0 Å². The zero-order valence-electron chi connectivity index (χ0n) is 10.4. The van der Waals surface area contributed by atoms with Crippen LogP contribution in [-0.4, -0.2) is 39.4 Å². The van der Waals surface area contributed by atoms with Crippen LogP contribution in [0.5, 0.6) is 5.88 Å². The van der Waals surface area contributed by atoms with Gasteiger partial charge in [0.15, 0.2) is 5.69 Å². The van der Waals surface area contributed by atoms with Crippen molar-refractivity contribution in [3.05, 3.63) is 18.1 Å². The second kappa shape index (κ2) is 5.30. The van der Waals surface area contributed by atoms with Crippen LogP contribution in [0.4, 0.5) is 0 Å². The molecule has 0 aromatic carbocycles. The molecule has 1 aromatic heterocycles. The Kier molecular flexibility index (Phi) is 3.76. The van der Waals surface area contributed by atoms with Crippen molar-refractivity contribution in [3.8, 4) is 5.88 Å². The van der Waals surface area contributed by atoms with Gasteiger partial charge in [0.1, 0.15) is 6.10 Å². The highest BCUT2D eigenvalue weighted by Crippen LogP contribution is 2.22. The predicted octanol–water partition coefficient (Wildman–Crippen LogP) is 1.51. The number of aromatic nitrogens is 2. The number of hydrogen-bond acceptors (Lipinski definition) is 5. The summed E-state index contributed by atoms with van der Waals surface area (Å²) >= 11 is 0. The van der Waals surface area contributed by atoms with Crippen LogP contribution in [-0.2, 0) is 4.74 Å². The van der Waals surface area contributed by atoms with E-state index >= 15 is 0 Å². The van der Waals surface area contributed by atoms with Crippen LogP contribution in [0.3, 0.4) is 0 Å². The van der Waals surface area contributed by atoms with Gasteiger partial charge in [0, 0.05) is 12.8 Å². The van der Waals surface area contributed by atoms with Gasteiger partial charge in [-0.3, -0.25) is 4.98 Å². The number of aromatic carboxylic acids is 1. The van der Waals surface area contributed by atoms with Gasteiger partial charge in [-0.1, -0.05) is 0 Å². The van der Waals surface area contributed by atoms with E-state index < -0.39 is 5.97 Å². The van der Waals surface area contributed by atoms with E-state index in [0.29, 0.717) is 0 Å². The van der Waals surface area contributed by atoms with Crippen LogP contribution in [0.1, 0.15) is 37.2 Å². The van der Waals surface area contributed by atoms with Crippen molar-refractivity contribution in [2.24, 2.45) is 0 Å². The minimum atomic E-state index is -1.11. The van der Waals surface area contributed by atoms with E-state index in [0.717, 1.165) is 12.8 Å². The van der Waals surface area contributed by atoms with Crippen LogP contribution in [0.15, 0.2) is 12.4 Å². The molecule has 0 spiro atoms. The summed E-state index contributed by atoms with van der Waals surface area (Å²) in [5.74, 6) is -0.858. The molecule has 18 heavy (non-hydrogen) atoms. The molecule has 1 fully saturated rings. The lowest BCUT2D eigenvalue weighted by Crippen LogP contribution is -2.35. The van der Waals surface area contributed by atoms with E-state index in [9.17, 15) is 4.79 Å². The molecular formula is C12H16N2O4. The van der Waals surface area contributed by atoms with Gasteiger partial charge in [-0.2, -0.15) is 0 Å². The number of hydrogen-bond donors (Lipinski definition) is 1. The number of rotatable bonds is 3. The standard InChI is InChI=1S/C12H16N2O4/c1-7-3-9(4-8(2)17-7)18-11-6-13-5-10(14-11)12(15)16/h5-9H,3-4H2,1-2H3,(H,15,16). The van der Waals surface area contributed by atoms with E-state index in [-0.39, 0.29) is 29.9 Å². The molecule has 0 saturated carbocycles. The van der Waals surface area contributed by atoms with E-state index in [1.54, 1.807) is 0 Å². The van der Waals surface area contributed by atoms with E-state index in [4.69, 9.17) is 14.6 Å². The number of carboxylic acid groups (broad SMARTS) is 1. The normalized spacial score (nSPS) is 27.8. The molecule has 2 rings (SSSR count). The average molecular weight is 252 g/mol. The minimum absolute atomic E-state index is 0.0119. The van der Waals surface area contributed by atoms with Gasteiger partial charge in [-0.15, -0.1) is 0 Å². The van der Waals surface area contributed by atoms with Gasteiger partial charge in [-0.25, -0.2) is 9.78 Å². The maximum Gasteiger partial charge on any atom is 0.356 e. The fourth-order valence-corrected chi connectivity index (χ4v) is 2.12. The summed E-state index contributed by atoms with van der Waals surface area (Å²) in [6, 6.07) is 0. The van der Waals surface area contributed by atoms with Crippen molar-refractivity contribution in [2.45, 2.75) is 45.0 Å². The lowest BCUT2D eigenvalue weighted by atomic mass is 10.0. The Morgan fingerprint density at radius 3 is 2.67 bits per heavy atom. The minimum Gasteiger partial charge on any atom is -0.476 e. The number of nitrogens with zero attached hydrogens (tertiary/aromatic N) is 2. The van der Waals surface area contributed by atoms with Gasteiger partial charge >= 0.3 is 5.97 Å². The lowest BCUT2D eigenvalue weighted by molar-refractivity contribution is -0.0730. The smallest absolute Gasteiger partial charge is 0.356 e. The molecule has 0 aliphatic carbocycles. The monoisotopic (exact) mass is 252 g/mol. The first-order valence-corrected chi connectivity index (χ1v) is 5.92. The number of carboxylic acids is 1. The molecule has 6 nitrogen and oxygen atoms in total. The van der Waals surface area contributed by atoms with E-state index in [1.165, 1.54) is 12.4 Å². The molecule has 1 N–H and O–H groups in total. The van der Waals surface area contributed by atoms with Gasteiger partial charge in [0.05, 0.1) is 24.6 Å². The Labute approximate surface area is 105 Å². The molecule has 0 amide bonds. The second-order valence-electron chi connectivity index (χ2n) is 4.52. The Morgan fingerprint density at radius 1 is 1.39 bits per heavy atom. The molecule has 2 atom stereocenters. The van der Waals surface area contributed by atoms with Gasteiger partial charge < -0.3 is 14.6 Å². The summed E-state index contributed by atoms with van der Waals surface area (Å²) in [6.07, 6.45) is 4.42. The number of carbonyl (C=O) groups is 1. The highest BCUT2D eigenvalue weighted by atomic mass is 16.5. The topological polar surface area (TPSA) is 81.5 Å². The van der Waals surface area contributed by atoms with E-state index in [1.807, 2.05) is 13.8 Å². The molecule has 0 radical (unpaired) electrons.